The predicted octanol–water partition coefficient (Wildman–Crippen LogP) is 2.35. The zero-order chi connectivity index (χ0) is 22.4. The number of ether oxygens (including phenoxy) is 3. The molecule has 8 heteroatoms. The smallest absolute Gasteiger partial charge is 0.248 e. The van der Waals surface area contributed by atoms with Crippen molar-refractivity contribution in [2.45, 2.75) is 12.5 Å². The topological polar surface area (TPSA) is 77.1 Å². The number of nitrogens with one attached hydrogen (secondary N) is 1. The van der Waals surface area contributed by atoms with Crippen LogP contribution in [0.25, 0.3) is 0 Å². The third-order valence-corrected chi connectivity index (χ3v) is 5.50. The first-order chi connectivity index (χ1) is 15.0. The Morgan fingerprint density at radius 2 is 1.81 bits per heavy atom. The predicted molar refractivity (Wildman–Crippen MR) is 112 cm³/mol. The molecule has 2 amide bonds. The van der Waals surface area contributed by atoms with Crippen LogP contribution in [0, 0.1) is 11.7 Å². The van der Waals surface area contributed by atoms with Crippen LogP contribution in [0.1, 0.15) is 17.0 Å². The fourth-order valence-electron chi connectivity index (χ4n) is 3.85. The van der Waals surface area contributed by atoms with Gasteiger partial charge in [0.05, 0.1) is 20.1 Å². The number of hydrogen-bond acceptors (Lipinski definition) is 5. The van der Waals surface area contributed by atoms with E-state index in [1.807, 2.05) is 12.1 Å². The van der Waals surface area contributed by atoms with E-state index >= 15 is 0 Å². The number of methoxy groups -OCH3 is 3. The SMILES string of the molecule is COCC(=O)N1C[C@H](c2ccc(OC)cc2OC)[C@H](C(=O)NCc2ccc(F)cc2)C1. The number of hydrogen-bond donors (Lipinski definition) is 1. The Bertz CT molecular complexity index is 919. The van der Waals surface area contributed by atoms with E-state index in [9.17, 15) is 14.0 Å². The molecule has 1 aliphatic heterocycles. The molecule has 0 aliphatic carbocycles. The Morgan fingerprint density at radius 1 is 1.06 bits per heavy atom. The molecule has 0 bridgehead atoms. The van der Waals surface area contributed by atoms with Crippen LogP contribution >= 0.6 is 0 Å². The van der Waals surface area contributed by atoms with E-state index in [0.29, 0.717) is 18.0 Å². The summed E-state index contributed by atoms with van der Waals surface area (Å²) in [5.74, 6) is -0.165. The highest BCUT2D eigenvalue weighted by Crippen LogP contribution is 2.39. The third-order valence-electron chi connectivity index (χ3n) is 5.50. The van der Waals surface area contributed by atoms with Crippen molar-refractivity contribution in [3.05, 3.63) is 59.4 Å². The summed E-state index contributed by atoms with van der Waals surface area (Å²) in [6, 6.07) is 11.4. The zero-order valence-electron chi connectivity index (χ0n) is 17.9. The van der Waals surface area contributed by atoms with Gasteiger partial charge < -0.3 is 24.4 Å². The number of carbonyl (C=O) groups is 2. The highest BCUT2D eigenvalue weighted by atomic mass is 19.1. The molecule has 1 aliphatic rings. The van der Waals surface area contributed by atoms with Crippen LogP contribution in [0.5, 0.6) is 11.5 Å². The third kappa shape index (κ3) is 5.32. The standard InChI is InChI=1S/C23H27FN2O5/c1-29-14-22(27)26-12-19(18-9-8-17(30-2)10-21(18)31-3)20(13-26)23(28)25-11-15-4-6-16(24)7-5-15/h4-10,19-20H,11-14H2,1-3H3,(H,25,28)/t19-,20-/m1/s1. The maximum atomic E-state index is 13.1. The molecule has 166 valence electrons. The maximum absolute atomic E-state index is 13.1. The van der Waals surface area contributed by atoms with E-state index in [-0.39, 0.29) is 43.2 Å². The lowest BCUT2D eigenvalue weighted by atomic mass is 9.87. The van der Waals surface area contributed by atoms with Gasteiger partial charge in [0.1, 0.15) is 23.9 Å². The largest absolute Gasteiger partial charge is 0.497 e. The molecule has 0 radical (unpaired) electrons. The molecule has 7 nitrogen and oxygen atoms in total. The van der Waals surface area contributed by atoms with Crippen molar-refractivity contribution in [1.82, 2.24) is 10.2 Å². The number of likely N-dealkylation sites (tertiary alicyclic amines) is 1. The first-order valence-corrected chi connectivity index (χ1v) is 9.97. The van der Waals surface area contributed by atoms with Crippen LogP contribution in [0.2, 0.25) is 0 Å². The van der Waals surface area contributed by atoms with Gasteiger partial charge >= 0.3 is 0 Å². The van der Waals surface area contributed by atoms with Gasteiger partial charge in [-0.15, -0.1) is 0 Å². The molecule has 1 heterocycles. The number of rotatable bonds is 8. The zero-order valence-corrected chi connectivity index (χ0v) is 17.9. The molecule has 31 heavy (non-hydrogen) atoms. The molecule has 2 aromatic rings. The van der Waals surface area contributed by atoms with Gasteiger partial charge in [-0.25, -0.2) is 4.39 Å². The lowest BCUT2D eigenvalue weighted by Crippen LogP contribution is -2.36. The minimum Gasteiger partial charge on any atom is -0.497 e. The summed E-state index contributed by atoms with van der Waals surface area (Å²) in [6.07, 6.45) is 0. The molecular weight excluding hydrogens is 403 g/mol. The maximum Gasteiger partial charge on any atom is 0.248 e. The Morgan fingerprint density at radius 3 is 2.45 bits per heavy atom. The van der Waals surface area contributed by atoms with Gasteiger partial charge in [-0.05, 0) is 23.8 Å². The summed E-state index contributed by atoms with van der Waals surface area (Å²) in [5.41, 5.74) is 1.62. The molecule has 1 N–H and O–H groups in total. The van der Waals surface area contributed by atoms with Crippen LogP contribution in [0.15, 0.2) is 42.5 Å². The summed E-state index contributed by atoms with van der Waals surface area (Å²) in [7, 11) is 4.59. The average Bonchev–Trinajstić information content (AvgIpc) is 3.23. The highest BCUT2D eigenvalue weighted by Gasteiger charge is 2.41. The van der Waals surface area contributed by atoms with E-state index in [1.165, 1.54) is 19.2 Å². The molecule has 0 saturated carbocycles. The van der Waals surface area contributed by atoms with Crippen molar-refractivity contribution in [2.24, 2.45) is 5.92 Å². The van der Waals surface area contributed by atoms with Crippen molar-refractivity contribution in [1.29, 1.82) is 0 Å². The summed E-state index contributed by atoms with van der Waals surface area (Å²) in [6.45, 7) is 0.876. The van der Waals surface area contributed by atoms with Crippen molar-refractivity contribution in [3.63, 3.8) is 0 Å². The summed E-state index contributed by atoms with van der Waals surface area (Å²) in [4.78, 5) is 27.2. The Hall–Kier alpha value is -3.13. The summed E-state index contributed by atoms with van der Waals surface area (Å²) >= 11 is 0. The van der Waals surface area contributed by atoms with Gasteiger partial charge in [-0.2, -0.15) is 0 Å². The van der Waals surface area contributed by atoms with E-state index in [0.717, 1.165) is 11.1 Å². The van der Waals surface area contributed by atoms with E-state index < -0.39 is 5.92 Å². The first-order valence-electron chi connectivity index (χ1n) is 9.97. The minimum absolute atomic E-state index is 0.0453. The molecule has 2 atom stereocenters. The second-order valence-electron chi connectivity index (χ2n) is 7.40. The molecular formula is C23H27FN2O5. The summed E-state index contributed by atoms with van der Waals surface area (Å²) < 4.78 is 28.9. The van der Waals surface area contributed by atoms with Crippen LogP contribution in [0.4, 0.5) is 4.39 Å². The second kappa shape index (κ2) is 10.3. The highest BCUT2D eigenvalue weighted by molar-refractivity contribution is 5.84. The van der Waals surface area contributed by atoms with Crippen LogP contribution in [0.3, 0.4) is 0 Å². The average molecular weight is 430 g/mol. The Kier molecular flexibility index (Phi) is 7.46. The van der Waals surface area contributed by atoms with Gasteiger partial charge in [0, 0.05) is 44.3 Å². The molecule has 2 aromatic carbocycles. The second-order valence-corrected chi connectivity index (χ2v) is 7.40. The fraction of sp³-hybridized carbons (Fsp3) is 0.391. The van der Waals surface area contributed by atoms with Crippen molar-refractivity contribution < 1.29 is 28.2 Å². The van der Waals surface area contributed by atoms with Crippen molar-refractivity contribution >= 4 is 11.8 Å². The Balaban J connectivity index is 1.82. The molecule has 0 unspecified atom stereocenters. The van der Waals surface area contributed by atoms with Gasteiger partial charge in [0.2, 0.25) is 11.8 Å². The number of carbonyl (C=O) groups excluding carboxylic acids is 2. The van der Waals surface area contributed by atoms with Crippen LogP contribution < -0.4 is 14.8 Å². The van der Waals surface area contributed by atoms with E-state index in [2.05, 4.69) is 5.32 Å². The molecule has 1 saturated heterocycles. The summed E-state index contributed by atoms with van der Waals surface area (Å²) in [5, 5.41) is 2.92. The quantitative estimate of drug-likeness (QED) is 0.696. The lowest BCUT2D eigenvalue weighted by molar-refractivity contribution is -0.134. The first kappa shape index (κ1) is 22.6. The lowest BCUT2D eigenvalue weighted by Gasteiger charge is -2.21. The van der Waals surface area contributed by atoms with Gasteiger partial charge in [0.25, 0.3) is 0 Å². The monoisotopic (exact) mass is 430 g/mol. The number of nitrogens with zero attached hydrogens (tertiary/aromatic N) is 1. The molecule has 0 spiro atoms. The van der Waals surface area contributed by atoms with E-state index in [4.69, 9.17) is 14.2 Å². The van der Waals surface area contributed by atoms with Gasteiger partial charge in [-0.3, -0.25) is 9.59 Å². The molecule has 0 aromatic heterocycles. The Labute approximate surface area is 181 Å². The number of benzene rings is 2. The van der Waals surface area contributed by atoms with Gasteiger partial charge in [0.15, 0.2) is 0 Å². The van der Waals surface area contributed by atoms with Crippen molar-refractivity contribution in [2.75, 3.05) is 41.0 Å². The van der Waals surface area contributed by atoms with Crippen LogP contribution in [-0.2, 0) is 20.9 Å². The minimum atomic E-state index is -0.469. The van der Waals surface area contributed by atoms with Crippen molar-refractivity contribution in [3.8, 4) is 11.5 Å². The molecule has 3 rings (SSSR count). The fourth-order valence-corrected chi connectivity index (χ4v) is 3.85. The van der Waals surface area contributed by atoms with E-state index in [1.54, 1.807) is 37.3 Å². The molecule has 1 fully saturated rings. The number of amides is 2. The normalized spacial score (nSPS) is 18.0. The number of halogens is 1. The van der Waals surface area contributed by atoms with Gasteiger partial charge in [-0.1, -0.05) is 18.2 Å². The van der Waals surface area contributed by atoms with Crippen LogP contribution in [-0.4, -0.2) is 57.7 Å².